The molecule has 5 N–H and O–H groups in total. The predicted molar refractivity (Wildman–Crippen MR) is 110 cm³/mol. The summed E-state index contributed by atoms with van der Waals surface area (Å²) in [6.07, 6.45) is 0. The third kappa shape index (κ3) is 6.16. The van der Waals surface area contributed by atoms with Gasteiger partial charge in [0.25, 0.3) is 0 Å². The van der Waals surface area contributed by atoms with Gasteiger partial charge in [0.15, 0.2) is 0 Å². The zero-order chi connectivity index (χ0) is 20.7. The zero-order valence-corrected chi connectivity index (χ0v) is 16.9. The molecule has 1 saturated heterocycles. The van der Waals surface area contributed by atoms with E-state index < -0.39 is 10.0 Å². The second-order valence-corrected chi connectivity index (χ2v) is 8.43. The van der Waals surface area contributed by atoms with Gasteiger partial charge in [0.1, 0.15) is 5.75 Å². The SMILES string of the molecule is COc1ccc(CNS(=O)(=O)c2ccc(NC(=O)NCC3CNNC3)cc2)cc1. The molecule has 29 heavy (non-hydrogen) atoms. The predicted octanol–water partition coefficient (Wildman–Crippen LogP) is 1.02. The maximum atomic E-state index is 12.5. The summed E-state index contributed by atoms with van der Waals surface area (Å²) in [4.78, 5) is 12.1. The minimum atomic E-state index is -3.66. The highest BCUT2D eigenvalue weighted by atomic mass is 32.2. The fourth-order valence-corrected chi connectivity index (χ4v) is 3.80. The molecule has 2 aromatic rings. The van der Waals surface area contributed by atoms with Gasteiger partial charge in [-0.25, -0.2) is 17.9 Å². The van der Waals surface area contributed by atoms with Crippen LogP contribution < -0.4 is 30.9 Å². The van der Waals surface area contributed by atoms with E-state index in [1.807, 2.05) is 0 Å². The van der Waals surface area contributed by atoms with Crippen LogP contribution in [0, 0.1) is 5.92 Å². The first-order chi connectivity index (χ1) is 14.0. The number of methoxy groups -OCH3 is 1. The van der Waals surface area contributed by atoms with Crippen LogP contribution in [0.15, 0.2) is 53.4 Å². The molecular weight excluding hydrogens is 394 g/mol. The Bertz CT molecular complexity index is 911. The largest absolute Gasteiger partial charge is 0.497 e. The van der Waals surface area contributed by atoms with E-state index in [0.29, 0.717) is 23.9 Å². The highest BCUT2D eigenvalue weighted by molar-refractivity contribution is 7.89. The monoisotopic (exact) mass is 419 g/mol. The fraction of sp³-hybridized carbons (Fsp3) is 0.316. The third-order valence-electron chi connectivity index (χ3n) is 4.51. The van der Waals surface area contributed by atoms with Gasteiger partial charge in [0.05, 0.1) is 12.0 Å². The number of anilines is 1. The lowest BCUT2D eigenvalue weighted by atomic mass is 10.2. The summed E-state index contributed by atoms with van der Waals surface area (Å²) in [5.41, 5.74) is 7.33. The minimum absolute atomic E-state index is 0.125. The molecule has 2 aromatic carbocycles. The van der Waals surface area contributed by atoms with Crippen LogP contribution in [-0.2, 0) is 16.6 Å². The second kappa shape index (κ2) is 9.70. The number of amides is 2. The standard InChI is InChI=1S/C19H25N5O4S/c1-28-17-6-2-14(3-7-17)13-23-29(26,27)18-8-4-16(5-9-18)24-19(25)20-10-15-11-21-22-12-15/h2-9,15,21-23H,10-13H2,1H3,(H2,20,24,25). The molecule has 1 heterocycles. The number of carbonyl (C=O) groups excluding carboxylic acids is 1. The minimum Gasteiger partial charge on any atom is -0.497 e. The number of carbonyl (C=O) groups is 1. The summed E-state index contributed by atoms with van der Waals surface area (Å²) in [5, 5.41) is 5.49. The molecule has 0 saturated carbocycles. The number of benzene rings is 2. The number of nitrogens with one attached hydrogen (secondary N) is 5. The van der Waals surface area contributed by atoms with Gasteiger partial charge in [0.2, 0.25) is 10.0 Å². The molecule has 3 rings (SSSR count). The van der Waals surface area contributed by atoms with Crippen molar-refractivity contribution >= 4 is 21.7 Å². The van der Waals surface area contributed by atoms with Crippen molar-refractivity contribution in [1.82, 2.24) is 20.9 Å². The number of hydrogen-bond donors (Lipinski definition) is 5. The smallest absolute Gasteiger partial charge is 0.319 e. The molecule has 0 unspecified atom stereocenters. The van der Waals surface area contributed by atoms with Gasteiger partial charge < -0.3 is 15.4 Å². The summed E-state index contributed by atoms with van der Waals surface area (Å²) < 4.78 is 32.6. The van der Waals surface area contributed by atoms with Crippen LogP contribution in [0.1, 0.15) is 5.56 Å². The average Bonchev–Trinajstić information content (AvgIpc) is 3.25. The molecule has 0 bridgehead atoms. The van der Waals surface area contributed by atoms with Crippen LogP contribution in [-0.4, -0.2) is 41.2 Å². The molecular formula is C19H25N5O4S. The number of sulfonamides is 1. The Morgan fingerprint density at radius 1 is 1.07 bits per heavy atom. The average molecular weight is 420 g/mol. The van der Waals surface area contributed by atoms with E-state index in [1.54, 1.807) is 43.5 Å². The topological polar surface area (TPSA) is 121 Å². The molecule has 1 aliphatic rings. The van der Waals surface area contributed by atoms with Crippen molar-refractivity contribution in [3.8, 4) is 5.75 Å². The molecule has 1 aliphatic heterocycles. The van der Waals surface area contributed by atoms with Crippen LogP contribution in [0.3, 0.4) is 0 Å². The van der Waals surface area contributed by atoms with E-state index in [9.17, 15) is 13.2 Å². The zero-order valence-electron chi connectivity index (χ0n) is 16.1. The summed E-state index contributed by atoms with van der Waals surface area (Å²) in [5.74, 6) is 1.05. The summed E-state index contributed by atoms with van der Waals surface area (Å²) in [6.45, 7) is 2.32. The summed E-state index contributed by atoms with van der Waals surface area (Å²) in [7, 11) is -2.09. The quantitative estimate of drug-likeness (QED) is 0.436. The Morgan fingerprint density at radius 2 is 1.72 bits per heavy atom. The Labute approximate surface area is 170 Å². The van der Waals surface area contributed by atoms with Crippen molar-refractivity contribution < 1.29 is 17.9 Å². The molecule has 0 aliphatic carbocycles. The van der Waals surface area contributed by atoms with E-state index in [2.05, 4.69) is 26.2 Å². The molecule has 0 atom stereocenters. The number of rotatable bonds is 8. The Hall–Kier alpha value is -2.66. The maximum Gasteiger partial charge on any atom is 0.319 e. The lowest BCUT2D eigenvalue weighted by molar-refractivity contribution is 0.250. The molecule has 0 radical (unpaired) electrons. The third-order valence-corrected chi connectivity index (χ3v) is 5.92. The fourth-order valence-electron chi connectivity index (χ4n) is 2.78. The van der Waals surface area contributed by atoms with Crippen LogP contribution in [0.25, 0.3) is 0 Å². The van der Waals surface area contributed by atoms with Crippen molar-refractivity contribution in [2.45, 2.75) is 11.4 Å². The Kier molecular flexibility index (Phi) is 7.04. The number of urea groups is 1. The van der Waals surface area contributed by atoms with Crippen molar-refractivity contribution in [2.24, 2.45) is 5.92 Å². The van der Waals surface area contributed by atoms with Crippen LogP contribution in [0.4, 0.5) is 10.5 Å². The van der Waals surface area contributed by atoms with Gasteiger partial charge in [-0.3, -0.25) is 10.9 Å². The normalized spacial score (nSPS) is 14.5. The van der Waals surface area contributed by atoms with E-state index >= 15 is 0 Å². The maximum absolute atomic E-state index is 12.5. The number of ether oxygens (including phenoxy) is 1. The van der Waals surface area contributed by atoms with Crippen molar-refractivity contribution in [3.63, 3.8) is 0 Å². The van der Waals surface area contributed by atoms with Gasteiger partial charge in [0, 0.05) is 37.8 Å². The van der Waals surface area contributed by atoms with E-state index in [1.165, 1.54) is 12.1 Å². The van der Waals surface area contributed by atoms with Crippen molar-refractivity contribution in [2.75, 3.05) is 32.1 Å². The lowest BCUT2D eigenvalue weighted by Gasteiger charge is -2.11. The number of hydrogen-bond acceptors (Lipinski definition) is 6. The first kappa shape index (κ1) is 21.1. The van der Waals surface area contributed by atoms with Crippen molar-refractivity contribution in [1.29, 1.82) is 0 Å². The molecule has 0 aromatic heterocycles. The number of hydrazine groups is 1. The van der Waals surface area contributed by atoms with Gasteiger partial charge >= 0.3 is 6.03 Å². The van der Waals surface area contributed by atoms with Gasteiger partial charge in [-0.15, -0.1) is 0 Å². The molecule has 9 nitrogen and oxygen atoms in total. The van der Waals surface area contributed by atoms with Crippen LogP contribution in [0.5, 0.6) is 5.75 Å². The molecule has 2 amide bonds. The van der Waals surface area contributed by atoms with Crippen LogP contribution in [0.2, 0.25) is 0 Å². The molecule has 0 spiro atoms. The molecule has 156 valence electrons. The highest BCUT2D eigenvalue weighted by Gasteiger charge is 2.16. The van der Waals surface area contributed by atoms with Crippen molar-refractivity contribution in [3.05, 3.63) is 54.1 Å². The summed E-state index contributed by atoms with van der Waals surface area (Å²) >= 11 is 0. The van der Waals surface area contributed by atoms with E-state index in [-0.39, 0.29) is 17.5 Å². The Morgan fingerprint density at radius 3 is 2.34 bits per heavy atom. The van der Waals surface area contributed by atoms with Gasteiger partial charge in [-0.05, 0) is 42.0 Å². The van der Waals surface area contributed by atoms with Gasteiger partial charge in [-0.2, -0.15) is 0 Å². The first-order valence-corrected chi connectivity index (χ1v) is 10.7. The molecule has 10 heteroatoms. The molecule has 1 fully saturated rings. The van der Waals surface area contributed by atoms with E-state index in [4.69, 9.17) is 4.74 Å². The second-order valence-electron chi connectivity index (χ2n) is 6.66. The highest BCUT2D eigenvalue weighted by Crippen LogP contribution is 2.15. The van der Waals surface area contributed by atoms with Gasteiger partial charge in [-0.1, -0.05) is 12.1 Å². The lowest BCUT2D eigenvalue weighted by Crippen LogP contribution is -2.34. The first-order valence-electron chi connectivity index (χ1n) is 9.19. The summed E-state index contributed by atoms with van der Waals surface area (Å²) in [6, 6.07) is 12.8. The van der Waals surface area contributed by atoms with E-state index in [0.717, 1.165) is 18.7 Å². The van der Waals surface area contributed by atoms with Crippen LogP contribution >= 0.6 is 0 Å². The Balaban J connectivity index is 1.51.